The van der Waals surface area contributed by atoms with E-state index >= 15 is 0 Å². The molecule has 34 heavy (non-hydrogen) atoms. The predicted octanol–water partition coefficient (Wildman–Crippen LogP) is 8.36. The van der Waals surface area contributed by atoms with Crippen LogP contribution in [0.25, 0.3) is 21.9 Å². The van der Waals surface area contributed by atoms with Gasteiger partial charge in [-0.2, -0.15) is 9.06 Å². The predicted molar refractivity (Wildman–Crippen MR) is 155 cm³/mol. The van der Waals surface area contributed by atoms with Crippen LogP contribution in [0.3, 0.4) is 0 Å². The van der Waals surface area contributed by atoms with Crippen LogP contribution in [-0.4, -0.2) is 27.0 Å². The van der Waals surface area contributed by atoms with Crippen molar-refractivity contribution < 1.29 is 0 Å². The lowest BCUT2D eigenvalue weighted by molar-refractivity contribution is 0.442. The monoisotopic (exact) mass is 495 g/mol. The summed E-state index contributed by atoms with van der Waals surface area (Å²) in [5, 5.41) is 2.57. The van der Waals surface area contributed by atoms with E-state index in [0.29, 0.717) is 0 Å². The number of hydrogen-bond acceptors (Lipinski definition) is 2. The normalized spacial score (nSPS) is 14.3. The zero-order chi connectivity index (χ0) is 25.3. The number of nitrogens with one attached hydrogen (secondary N) is 1. The number of aromatic nitrogens is 3. The fourth-order valence-corrected chi connectivity index (χ4v) is 5.82. The van der Waals surface area contributed by atoms with Gasteiger partial charge in [-0.15, -0.1) is 11.7 Å². The Morgan fingerprint density at radius 1 is 0.912 bits per heavy atom. The van der Waals surface area contributed by atoms with Gasteiger partial charge >= 0.3 is 0 Å². The second-order valence-electron chi connectivity index (χ2n) is 12.8. The van der Waals surface area contributed by atoms with Crippen LogP contribution in [0.1, 0.15) is 72.1 Å². The van der Waals surface area contributed by atoms with Crippen molar-refractivity contribution in [2.24, 2.45) is 0 Å². The van der Waals surface area contributed by atoms with E-state index < -0.39 is 9.06 Å². The third-order valence-corrected chi connectivity index (χ3v) is 8.93. The van der Waals surface area contributed by atoms with Gasteiger partial charge in [0.1, 0.15) is 5.65 Å². The van der Waals surface area contributed by atoms with Crippen molar-refractivity contribution >= 4 is 42.7 Å². The summed E-state index contributed by atoms with van der Waals surface area (Å²) in [5.74, 6) is 0. The van der Waals surface area contributed by atoms with E-state index in [9.17, 15) is 0 Å². The van der Waals surface area contributed by atoms with Crippen LogP contribution in [0.15, 0.2) is 47.8 Å². The maximum atomic E-state index is 4.98. The number of fused-ring (bicyclic) bond motifs is 2. The van der Waals surface area contributed by atoms with E-state index in [1.165, 1.54) is 37.9 Å². The molecule has 0 amide bonds. The number of rotatable bonds is 4. The molecule has 0 spiro atoms. The first-order valence-electron chi connectivity index (χ1n) is 12.1. The molecule has 0 radical (unpaired) electrons. The molecule has 3 heterocycles. The number of hydrogen-bond donors (Lipinski definition) is 2. The van der Waals surface area contributed by atoms with E-state index in [0.717, 1.165) is 12.2 Å². The minimum Gasteiger partial charge on any atom is -0.361 e. The first kappa shape index (κ1) is 25.2. The fourth-order valence-electron chi connectivity index (χ4n) is 4.80. The molecular formula is C29H41N3S2. The maximum Gasteiger partial charge on any atom is 0.140 e. The summed E-state index contributed by atoms with van der Waals surface area (Å²) in [6.07, 6.45) is 11.0. The molecule has 0 fully saturated rings. The summed E-state index contributed by atoms with van der Waals surface area (Å²) >= 11 is 4.89. The number of H-pyrrole nitrogens is 1. The molecule has 0 saturated heterocycles. The third kappa shape index (κ3) is 4.66. The minimum atomic E-state index is -1.14. The van der Waals surface area contributed by atoms with Crippen LogP contribution in [0, 0.1) is 0 Å². The van der Waals surface area contributed by atoms with Crippen LogP contribution >= 0.6 is 20.7 Å². The van der Waals surface area contributed by atoms with Gasteiger partial charge in [-0.1, -0.05) is 61.5 Å². The fraction of sp³-hybridized carbons (Fsp3) is 0.483. The van der Waals surface area contributed by atoms with E-state index in [-0.39, 0.29) is 16.2 Å². The van der Waals surface area contributed by atoms with Gasteiger partial charge in [0, 0.05) is 51.7 Å². The zero-order valence-electron chi connectivity index (χ0n) is 22.5. The standard InChI is InChI=1S/C29H41N3S2/c1-27(2,3)19-11-12-25-21(13-19)23(16-30-25)29(7,8)18-32-17-24(28(4,5)6)22-14-20(34(9,10)33)15-31-26(22)32/h11-17,30,33H,18H2,1-10H3. The highest BCUT2D eigenvalue weighted by Gasteiger charge is 2.29. The van der Waals surface area contributed by atoms with E-state index in [4.69, 9.17) is 16.6 Å². The molecule has 5 heteroatoms. The quantitative estimate of drug-likeness (QED) is 0.216. The van der Waals surface area contributed by atoms with Crippen LogP contribution in [-0.2, 0) is 22.8 Å². The molecule has 0 bridgehead atoms. The van der Waals surface area contributed by atoms with E-state index in [1.54, 1.807) is 0 Å². The molecule has 3 aromatic heterocycles. The van der Waals surface area contributed by atoms with Crippen LogP contribution in [0.4, 0.5) is 0 Å². The molecule has 0 aliphatic carbocycles. The van der Waals surface area contributed by atoms with Crippen molar-refractivity contribution in [3.8, 4) is 0 Å². The van der Waals surface area contributed by atoms with Gasteiger partial charge in [0.15, 0.2) is 0 Å². The second-order valence-corrected chi connectivity index (χ2v) is 18.6. The number of pyridine rings is 1. The Hall–Kier alpha value is -1.85. The molecule has 1 aromatic carbocycles. The molecule has 0 unspecified atom stereocenters. The average Bonchev–Trinajstić information content (AvgIpc) is 3.27. The summed E-state index contributed by atoms with van der Waals surface area (Å²) in [6, 6.07) is 9.18. The zero-order valence-corrected chi connectivity index (χ0v) is 24.2. The molecule has 184 valence electrons. The van der Waals surface area contributed by atoms with Crippen LogP contribution in [0.5, 0.6) is 0 Å². The number of aromatic amines is 1. The largest absolute Gasteiger partial charge is 0.361 e. The highest BCUT2D eigenvalue weighted by Crippen LogP contribution is 2.53. The molecule has 0 aliphatic rings. The van der Waals surface area contributed by atoms with Crippen molar-refractivity contribution in [3.63, 3.8) is 0 Å². The van der Waals surface area contributed by atoms with Crippen molar-refractivity contribution in [2.45, 2.75) is 83.1 Å². The Morgan fingerprint density at radius 2 is 1.59 bits per heavy atom. The van der Waals surface area contributed by atoms with E-state index in [2.05, 4.69) is 114 Å². The molecule has 3 nitrogen and oxygen atoms in total. The summed E-state index contributed by atoms with van der Waals surface area (Å²) in [7, 11) is -1.14. The molecule has 4 rings (SSSR count). The van der Waals surface area contributed by atoms with Crippen LogP contribution in [0.2, 0.25) is 0 Å². The smallest absolute Gasteiger partial charge is 0.140 e. The minimum absolute atomic E-state index is 0.0341. The molecule has 4 aromatic rings. The third-order valence-electron chi connectivity index (χ3n) is 6.92. The lowest BCUT2D eigenvalue weighted by Gasteiger charge is -2.27. The second kappa shape index (κ2) is 8.09. The van der Waals surface area contributed by atoms with Crippen molar-refractivity contribution in [1.82, 2.24) is 14.5 Å². The molecule has 0 saturated carbocycles. The number of benzene rings is 1. The topological polar surface area (TPSA) is 33.6 Å². The molecular weight excluding hydrogens is 454 g/mol. The van der Waals surface area contributed by atoms with Gasteiger partial charge in [-0.3, -0.25) is 0 Å². The summed E-state index contributed by atoms with van der Waals surface area (Å²) in [5.41, 5.74) is 6.40. The Bertz CT molecular complexity index is 1350. The summed E-state index contributed by atoms with van der Waals surface area (Å²) in [6.45, 7) is 19.2. The first-order chi connectivity index (χ1) is 15.5. The lowest BCUT2D eigenvalue weighted by Crippen LogP contribution is -2.24. The van der Waals surface area contributed by atoms with Gasteiger partial charge < -0.3 is 9.55 Å². The summed E-state index contributed by atoms with van der Waals surface area (Å²) < 4.78 is 2.37. The van der Waals surface area contributed by atoms with Gasteiger partial charge in [0.05, 0.1) is 0 Å². The summed E-state index contributed by atoms with van der Waals surface area (Å²) in [4.78, 5) is 9.74. The Balaban J connectivity index is 1.83. The van der Waals surface area contributed by atoms with Gasteiger partial charge in [-0.25, -0.2) is 4.98 Å². The maximum absolute atomic E-state index is 4.98. The van der Waals surface area contributed by atoms with Gasteiger partial charge in [0.25, 0.3) is 0 Å². The van der Waals surface area contributed by atoms with Crippen molar-refractivity contribution in [1.29, 1.82) is 0 Å². The molecule has 0 aliphatic heterocycles. The van der Waals surface area contributed by atoms with Gasteiger partial charge in [0.2, 0.25) is 0 Å². The van der Waals surface area contributed by atoms with Crippen molar-refractivity contribution in [2.75, 3.05) is 12.5 Å². The Kier molecular flexibility index (Phi) is 6.01. The number of nitrogens with zero attached hydrogens (tertiary/aromatic N) is 2. The first-order valence-corrected chi connectivity index (χ1v) is 15.6. The van der Waals surface area contributed by atoms with Crippen molar-refractivity contribution in [3.05, 3.63) is 59.5 Å². The average molecular weight is 496 g/mol. The number of thiol groups is 1. The van der Waals surface area contributed by atoms with Crippen LogP contribution < -0.4 is 0 Å². The highest BCUT2D eigenvalue weighted by atomic mass is 33.1. The van der Waals surface area contributed by atoms with Gasteiger partial charge in [-0.05, 0) is 58.2 Å². The Labute approximate surface area is 211 Å². The highest BCUT2D eigenvalue weighted by molar-refractivity contribution is 8.87. The lowest BCUT2D eigenvalue weighted by atomic mass is 9.81. The molecule has 1 N–H and O–H groups in total. The van der Waals surface area contributed by atoms with E-state index in [1.807, 2.05) is 6.20 Å². The SMILES string of the molecule is CC(C)(C)c1ccc2[nH]cc(C(C)(C)Cn3cc(C(C)(C)C)c4cc(S(C)(C)S)cnc43)c2c1. The molecule has 0 atom stereocenters. The Morgan fingerprint density at radius 3 is 2.18 bits per heavy atom.